The number of amides is 2. The maximum absolute atomic E-state index is 13.6. The van der Waals surface area contributed by atoms with Crippen LogP contribution in [-0.2, 0) is 20.7 Å². The van der Waals surface area contributed by atoms with Crippen molar-refractivity contribution < 1.29 is 23.5 Å². The van der Waals surface area contributed by atoms with Gasteiger partial charge in [0.2, 0.25) is 0 Å². The van der Waals surface area contributed by atoms with E-state index in [1.807, 2.05) is 30.3 Å². The van der Waals surface area contributed by atoms with Crippen LogP contribution in [0.4, 0.5) is 4.39 Å². The lowest BCUT2D eigenvalue weighted by Crippen LogP contribution is -2.61. The molecule has 1 saturated heterocycles. The van der Waals surface area contributed by atoms with Crippen molar-refractivity contribution in [3.05, 3.63) is 101 Å². The lowest BCUT2D eigenvalue weighted by Gasteiger charge is -2.33. The molecule has 4 aromatic rings. The Hall–Kier alpha value is -4.12. The molecular formula is C27H23ClFN5O4. The number of hydrogen-bond donors (Lipinski definition) is 2. The second kappa shape index (κ2) is 10.7. The fourth-order valence-electron chi connectivity index (χ4n) is 4.35. The fourth-order valence-corrected chi connectivity index (χ4v) is 4.61. The van der Waals surface area contributed by atoms with Crippen molar-refractivity contribution in [1.29, 1.82) is 0 Å². The van der Waals surface area contributed by atoms with Gasteiger partial charge in [0.1, 0.15) is 5.82 Å². The number of halogens is 2. The predicted molar refractivity (Wildman–Crippen MR) is 137 cm³/mol. The number of carbonyl (C=O) groups is 2. The van der Waals surface area contributed by atoms with Crippen molar-refractivity contribution in [2.24, 2.45) is 5.73 Å². The molecular weight excluding hydrogens is 513 g/mol. The van der Waals surface area contributed by atoms with Crippen LogP contribution in [0.25, 0.3) is 17.1 Å². The molecule has 0 bridgehead atoms. The zero-order valence-electron chi connectivity index (χ0n) is 20.0. The van der Waals surface area contributed by atoms with Gasteiger partial charge in [-0.15, -0.1) is 0 Å². The summed E-state index contributed by atoms with van der Waals surface area (Å²) in [5.74, 6) is -3.43. The number of nitrogens with one attached hydrogen (secondary N) is 1. The second-order valence-corrected chi connectivity index (χ2v) is 9.00. The maximum Gasteiger partial charge on any atom is 0.280 e. The van der Waals surface area contributed by atoms with E-state index in [1.165, 1.54) is 29.1 Å². The molecule has 194 valence electrons. The van der Waals surface area contributed by atoms with Crippen LogP contribution in [0.2, 0.25) is 5.02 Å². The lowest BCUT2D eigenvalue weighted by atomic mass is 9.97. The fraction of sp³-hybridized carbons (Fsp3) is 0.185. The summed E-state index contributed by atoms with van der Waals surface area (Å²) in [6.07, 6.45) is 3.36. The topological polar surface area (TPSA) is 121 Å². The normalized spacial score (nSPS) is 15.2. The first-order chi connectivity index (χ1) is 18.4. The van der Waals surface area contributed by atoms with Gasteiger partial charge in [0.25, 0.3) is 17.6 Å². The minimum atomic E-state index is -1.83. The Morgan fingerprint density at radius 3 is 2.58 bits per heavy atom. The molecule has 5 rings (SSSR count). The third-order valence-corrected chi connectivity index (χ3v) is 6.46. The average molecular weight is 536 g/mol. The molecule has 0 spiro atoms. The highest BCUT2D eigenvalue weighted by Gasteiger charge is 2.51. The summed E-state index contributed by atoms with van der Waals surface area (Å²) in [5.41, 5.74) is 7.72. The average Bonchev–Trinajstić information content (AvgIpc) is 3.60. The van der Waals surface area contributed by atoms with Crippen LogP contribution in [0.3, 0.4) is 0 Å². The smallest absolute Gasteiger partial charge is 0.280 e. The summed E-state index contributed by atoms with van der Waals surface area (Å²) in [6, 6.07) is 17.2. The largest absolute Gasteiger partial charge is 0.365 e. The molecule has 0 aliphatic carbocycles. The van der Waals surface area contributed by atoms with Crippen molar-refractivity contribution in [3.63, 3.8) is 0 Å². The van der Waals surface area contributed by atoms with Gasteiger partial charge < -0.3 is 20.5 Å². The highest BCUT2D eigenvalue weighted by atomic mass is 35.5. The number of primary amides is 1. The van der Waals surface area contributed by atoms with Crippen molar-refractivity contribution in [2.75, 3.05) is 13.2 Å². The van der Waals surface area contributed by atoms with Gasteiger partial charge in [-0.05, 0) is 48.4 Å². The maximum atomic E-state index is 13.6. The molecule has 1 aliphatic rings. The van der Waals surface area contributed by atoms with Gasteiger partial charge in [0, 0.05) is 18.0 Å². The minimum absolute atomic E-state index is 0.157. The first kappa shape index (κ1) is 25.5. The summed E-state index contributed by atoms with van der Waals surface area (Å²) in [7, 11) is 0. The number of nitrogens with zero attached hydrogens (tertiary/aromatic N) is 3. The molecule has 2 aromatic carbocycles. The molecule has 11 heteroatoms. The molecule has 38 heavy (non-hydrogen) atoms. The number of hydrogen-bond acceptors (Lipinski definition) is 6. The van der Waals surface area contributed by atoms with Gasteiger partial charge in [0.15, 0.2) is 5.82 Å². The SMILES string of the molecule is NC(=O)C1(C(Cc2ccccc2)NC(=O)c2cccnc2-n2ccc(-c3ccc(F)cc3Cl)n2)OCCO1. The van der Waals surface area contributed by atoms with Crippen LogP contribution in [0, 0.1) is 5.82 Å². The number of benzene rings is 2. The molecule has 1 fully saturated rings. The second-order valence-electron chi connectivity index (χ2n) is 8.59. The Bertz CT molecular complexity index is 1470. The van der Waals surface area contributed by atoms with Crippen LogP contribution >= 0.6 is 11.6 Å². The standard InChI is InChI=1S/C27H23ClFN5O4/c28-21-16-18(29)8-9-19(21)22-10-12-34(33-22)24-20(7-4-11-31-24)25(35)32-23(15-17-5-2-1-3-6-17)27(26(30)36)37-13-14-38-27/h1-12,16,23H,13-15H2,(H2,30,36)(H,32,35). The van der Waals surface area contributed by atoms with Crippen LogP contribution in [0.5, 0.6) is 0 Å². The van der Waals surface area contributed by atoms with Gasteiger partial charge in [0.05, 0.1) is 35.5 Å². The van der Waals surface area contributed by atoms with E-state index in [0.29, 0.717) is 11.3 Å². The van der Waals surface area contributed by atoms with E-state index in [9.17, 15) is 14.0 Å². The van der Waals surface area contributed by atoms with E-state index in [1.54, 1.807) is 24.4 Å². The Kier molecular flexibility index (Phi) is 7.19. The summed E-state index contributed by atoms with van der Waals surface area (Å²) in [4.78, 5) is 30.5. The minimum Gasteiger partial charge on any atom is -0.365 e. The molecule has 2 aromatic heterocycles. The van der Waals surface area contributed by atoms with E-state index in [0.717, 1.165) is 5.56 Å². The summed E-state index contributed by atoms with van der Waals surface area (Å²) < 4.78 is 26.3. The molecule has 3 heterocycles. The van der Waals surface area contributed by atoms with E-state index >= 15 is 0 Å². The number of carbonyl (C=O) groups excluding carboxylic acids is 2. The molecule has 1 atom stereocenters. The monoisotopic (exact) mass is 535 g/mol. The van der Waals surface area contributed by atoms with E-state index in [2.05, 4.69) is 15.4 Å². The van der Waals surface area contributed by atoms with Crippen LogP contribution in [0.1, 0.15) is 15.9 Å². The Morgan fingerprint density at radius 1 is 1.11 bits per heavy atom. The van der Waals surface area contributed by atoms with Crippen molar-refractivity contribution in [2.45, 2.75) is 18.2 Å². The zero-order valence-corrected chi connectivity index (χ0v) is 20.8. The van der Waals surface area contributed by atoms with Crippen molar-refractivity contribution in [3.8, 4) is 17.1 Å². The number of ether oxygens (including phenoxy) is 2. The number of nitrogens with two attached hydrogens (primary N) is 1. The summed E-state index contributed by atoms with van der Waals surface area (Å²) in [6.45, 7) is 0.314. The van der Waals surface area contributed by atoms with Gasteiger partial charge >= 0.3 is 0 Å². The molecule has 0 radical (unpaired) electrons. The number of pyridine rings is 1. The summed E-state index contributed by atoms with van der Waals surface area (Å²) >= 11 is 6.20. The van der Waals surface area contributed by atoms with Crippen LogP contribution in [-0.4, -0.2) is 51.6 Å². The third kappa shape index (κ3) is 5.01. The molecule has 1 aliphatic heterocycles. The van der Waals surface area contributed by atoms with Gasteiger partial charge in [-0.25, -0.2) is 14.1 Å². The molecule has 0 saturated carbocycles. The highest BCUT2D eigenvalue weighted by Crippen LogP contribution is 2.29. The highest BCUT2D eigenvalue weighted by molar-refractivity contribution is 6.33. The quantitative estimate of drug-likeness (QED) is 0.357. The van der Waals surface area contributed by atoms with Crippen LogP contribution < -0.4 is 11.1 Å². The molecule has 9 nitrogen and oxygen atoms in total. The zero-order chi connectivity index (χ0) is 26.7. The van der Waals surface area contributed by atoms with Crippen molar-refractivity contribution >= 4 is 23.4 Å². The Labute approximate surface area is 222 Å². The van der Waals surface area contributed by atoms with E-state index in [-0.39, 0.29) is 36.0 Å². The number of aromatic nitrogens is 3. The lowest BCUT2D eigenvalue weighted by molar-refractivity contribution is -0.189. The van der Waals surface area contributed by atoms with Gasteiger partial charge in [-0.2, -0.15) is 5.10 Å². The van der Waals surface area contributed by atoms with Gasteiger partial charge in [-0.3, -0.25) is 9.59 Å². The molecule has 1 unspecified atom stereocenters. The van der Waals surface area contributed by atoms with Crippen LogP contribution in [0.15, 0.2) is 79.1 Å². The predicted octanol–water partition coefficient (Wildman–Crippen LogP) is 3.30. The summed E-state index contributed by atoms with van der Waals surface area (Å²) in [5, 5.41) is 7.57. The third-order valence-electron chi connectivity index (χ3n) is 6.15. The van der Waals surface area contributed by atoms with Gasteiger partial charge in [-0.1, -0.05) is 41.9 Å². The van der Waals surface area contributed by atoms with Crippen molar-refractivity contribution in [1.82, 2.24) is 20.1 Å². The molecule has 3 N–H and O–H groups in total. The Morgan fingerprint density at radius 2 is 1.87 bits per heavy atom. The molecule has 2 amide bonds. The number of rotatable bonds is 8. The Balaban J connectivity index is 1.47. The first-order valence-electron chi connectivity index (χ1n) is 11.8. The first-order valence-corrected chi connectivity index (χ1v) is 12.1. The van der Waals surface area contributed by atoms with E-state index in [4.69, 9.17) is 26.8 Å². The van der Waals surface area contributed by atoms with E-state index < -0.39 is 29.5 Å².